The molecule has 0 radical (unpaired) electrons. The highest BCUT2D eigenvalue weighted by molar-refractivity contribution is 9.10. The molecule has 0 N–H and O–H groups in total. The number of piperazine rings is 1. The van der Waals surface area contributed by atoms with Crippen LogP contribution in [-0.2, 0) is 16.6 Å². The van der Waals surface area contributed by atoms with Crippen molar-refractivity contribution in [3.05, 3.63) is 62.0 Å². The van der Waals surface area contributed by atoms with Crippen LogP contribution in [0.2, 0.25) is 10.0 Å². The Bertz CT molecular complexity index is 947. The van der Waals surface area contributed by atoms with Crippen LogP contribution in [0.15, 0.2) is 39.7 Å². The minimum atomic E-state index is -4.13. The standard InChI is InChI=1S/C17H15BrCl2F2N2O2S/c18-12-8-16(22)17(9-15(12)21)27(25,26)24-6-4-23(5-7-24)10-11-13(19)2-1-3-14(11)20/h1-3,8-9H,4-7,10H2. The molecule has 0 saturated carbocycles. The predicted octanol–water partition coefficient (Wildman–Crippen LogP) is 4.54. The van der Waals surface area contributed by atoms with Gasteiger partial charge < -0.3 is 0 Å². The van der Waals surface area contributed by atoms with E-state index >= 15 is 0 Å². The molecular formula is C17H15BrCl2F2N2O2S. The van der Waals surface area contributed by atoms with E-state index in [-0.39, 0.29) is 17.6 Å². The molecule has 10 heteroatoms. The predicted molar refractivity (Wildman–Crippen MR) is 105 cm³/mol. The van der Waals surface area contributed by atoms with Gasteiger partial charge in [0.2, 0.25) is 10.0 Å². The van der Waals surface area contributed by atoms with Gasteiger partial charge in [-0.3, -0.25) is 4.90 Å². The fourth-order valence-electron chi connectivity index (χ4n) is 2.88. The molecule has 0 bridgehead atoms. The fraction of sp³-hybridized carbons (Fsp3) is 0.294. The lowest BCUT2D eigenvalue weighted by atomic mass is 10.2. The Hall–Kier alpha value is -0.770. The van der Waals surface area contributed by atoms with Crippen LogP contribution in [-0.4, -0.2) is 43.8 Å². The number of hydrogen-bond acceptors (Lipinski definition) is 3. The van der Waals surface area contributed by atoms with E-state index in [1.807, 2.05) is 4.90 Å². The largest absolute Gasteiger partial charge is 0.296 e. The summed E-state index contributed by atoms with van der Waals surface area (Å²) in [5, 5.41) is 1.09. The van der Waals surface area contributed by atoms with E-state index < -0.39 is 26.6 Å². The van der Waals surface area contributed by atoms with Crippen LogP contribution in [0.5, 0.6) is 0 Å². The van der Waals surface area contributed by atoms with Crippen molar-refractivity contribution >= 4 is 49.2 Å². The zero-order valence-corrected chi connectivity index (χ0v) is 17.8. The van der Waals surface area contributed by atoms with Crippen LogP contribution in [0.25, 0.3) is 0 Å². The van der Waals surface area contributed by atoms with E-state index in [1.54, 1.807) is 18.2 Å². The molecule has 0 aliphatic carbocycles. The molecule has 2 aromatic carbocycles. The molecule has 1 aliphatic rings. The molecule has 146 valence electrons. The molecule has 27 heavy (non-hydrogen) atoms. The Balaban J connectivity index is 1.73. The van der Waals surface area contributed by atoms with Gasteiger partial charge in [-0.1, -0.05) is 29.3 Å². The first-order valence-corrected chi connectivity index (χ1v) is 11.0. The monoisotopic (exact) mass is 498 g/mol. The van der Waals surface area contributed by atoms with Crippen LogP contribution < -0.4 is 0 Å². The number of rotatable bonds is 4. The third-order valence-electron chi connectivity index (χ3n) is 4.37. The Kier molecular flexibility index (Phi) is 6.45. The van der Waals surface area contributed by atoms with Gasteiger partial charge in [0, 0.05) is 48.3 Å². The third kappa shape index (κ3) is 4.46. The van der Waals surface area contributed by atoms with E-state index in [0.717, 1.165) is 15.9 Å². The van der Waals surface area contributed by atoms with Crippen LogP contribution in [0.3, 0.4) is 0 Å². The summed E-state index contributed by atoms with van der Waals surface area (Å²) in [5.74, 6) is -1.82. The molecule has 0 aromatic heterocycles. The highest BCUT2D eigenvalue weighted by Crippen LogP contribution is 2.28. The van der Waals surface area contributed by atoms with Gasteiger partial charge in [-0.25, -0.2) is 17.2 Å². The van der Waals surface area contributed by atoms with Crippen LogP contribution in [0, 0.1) is 11.6 Å². The average molecular weight is 500 g/mol. The maximum atomic E-state index is 14.1. The second-order valence-electron chi connectivity index (χ2n) is 6.08. The Labute approximate surface area is 174 Å². The van der Waals surface area contributed by atoms with Crippen molar-refractivity contribution in [2.75, 3.05) is 26.2 Å². The summed E-state index contributed by atoms with van der Waals surface area (Å²) < 4.78 is 54.2. The molecule has 0 amide bonds. The van der Waals surface area contributed by atoms with Gasteiger partial charge in [0.15, 0.2) is 0 Å². The number of sulfonamides is 1. The summed E-state index contributed by atoms with van der Waals surface area (Å²) in [7, 11) is -4.13. The van der Waals surface area contributed by atoms with Gasteiger partial charge >= 0.3 is 0 Å². The quantitative estimate of drug-likeness (QED) is 0.580. The summed E-state index contributed by atoms with van der Waals surface area (Å²) in [4.78, 5) is 1.35. The lowest BCUT2D eigenvalue weighted by Gasteiger charge is -2.34. The van der Waals surface area contributed by atoms with Crippen LogP contribution >= 0.6 is 39.1 Å². The van der Waals surface area contributed by atoms with Crippen LogP contribution in [0.1, 0.15) is 5.56 Å². The highest BCUT2D eigenvalue weighted by Gasteiger charge is 2.31. The van der Waals surface area contributed by atoms with Gasteiger partial charge in [0.1, 0.15) is 16.5 Å². The van der Waals surface area contributed by atoms with Crippen molar-refractivity contribution in [2.45, 2.75) is 11.4 Å². The van der Waals surface area contributed by atoms with Gasteiger partial charge in [0.25, 0.3) is 0 Å². The summed E-state index contributed by atoms with van der Waals surface area (Å²) in [6, 6.07) is 6.76. The first kappa shape index (κ1) is 21.0. The Morgan fingerprint density at radius 3 is 2.19 bits per heavy atom. The zero-order valence-electron chi connectivity index (χ0n) is 13.9. The summed E-state index contributed by atoms with van der Waals surface area (Å²) in [5.41, 5.74) is 0.776. The van der Waals surface area contributed by atoms with Crippen molar-refractivity contribution in [3.63, 3.8) is 0 Å². The minimum absolute atomic E-state index is 0.125. The van der Waals surface area contributed by atoms with E-state index in [0.29, 0.717) is 35.7 Å². The molecule has 0 unspecified atom stereocenters. The lowest BCUT2D eigenvalue weighted by Crippen LogP contribution is -2.48. The van der Waals surface area contributed by atoms with Crippen molar-refractivity contribution in [1.82, 2.24) is 9.21 Å². The Morgan fingerprint density at radius 2 is 1.59 bits per heavy atom. The molecule has 1 saturated heterocycles. The molecule has 3 rings (SSSR count). The lowest BCUT2D eigenvalue weighted by molar-refractivity contribution is 0.181. The third-order valence-corrected chi connectivity index (χ3v) is 7.60. The molecular weight excluding hydrogens is 485 g/mol. The second-order valence-corrected chi connectivity index (χ2v) is 9.65. The first-order chi connectivity index (χ1) is 12.7. The average Bonchev–Trinajstić information content (AvgIpc) is 2.61. The van der Waals surface area contributed by atoms with Crippen molar-refractivity contribution in [1.29, 1.82) is 0 Å². The van der Waals surface area contributed by atoms with Gasteiger partial charge in [-0.2, -0.15) is 4.31 Å². The number of benzene rings is 2. The van der Waals surface area contributed by atoms with Crippen molar-refractivity contribution in [2.24, 2.45) is 0 Å². The molecule has 0 atom stereocenters. The zero-order chi connectivity index (χ0) is 19.8. The Morgan fingerprint density at radius 1 is 1.00 bits per heavy atom. The summed E-state index contributed by atoms with van der Waals surface area (Å²) >= 11 is 15.2. The SMILES string of the molecule is O=S(=O)(c1cc(F)c(Br)cc1F)N1CCN(Cc2c(Cl)cccc2Cl)CC1. The van der Waals surface area contributed by atoms with E-state index in [4.69, 9.17) is 23.2 Å². The molecule has 0 spiro atoms. The second kappa shape index (κ2) is 8.31. The molecule has 1 aliphatic heterocycles. The molecule has 1 fully saturated rings. The van der Waals surface area contributed by atoms with Gasteiger partial charge in [-0.05, 0) is 40.2 Å². The smallest absolute Gasteiger partial charge is 0.246 e. The highest BCUT2D eigenvalue weighted by atomic mass is 79.9. The van der Waals surface area contributed by atoms with E-state index in [9.17, 15) is 17.2 Å². The minimum Gasteiger partial charge on any atom is -0.296 e. The normalized spacial score (nSPS) is 16.6. The topological polar surface area (TPSA) is 40.6 Å². The maximum Gasteiger partial charge on any atom is 0.246 e. The van der Waals surface area contributed by atoms with Crippen molar-refractivity contribution in [3.8, 4) is 0 Å². The molecule has 4 nitrogen and oxygen atoms in total. The first-order valence-electron chi connectivity index (χ1n) is 8.00. The van der Waals surface area contributed by atoms with Gasteiger partial charge in [-0.15, -0.1) is 0 Å². The van der Waals surface area contributed by atoms with Crippen LogP contribution in [0.4, 0.5) is 8.78 Å². The van der Waals surface area contributed by atoms with E-state index in [1.165, 1.54) is 0 Å². The molecule has 2 aromatic rings. The molecule has 1 heterocycles. The number of halogens is 5. The van der Waals surface area contributed by atoms with E-state index in [2.05, 4.69) is 15.9 Å². The van der Waals surface area contributed by atoms with Gasteiger partial charge in [0.05, 0.1) is 4.47 Å². The summed E-state index contributed by atoms with van der Waals surface area (Å²) in [6.07, 6.45) is 0. The fourth-order valence-corrected chi connectivity index (χ4v) is 5.19. The number of hydrogen-bond donors (Lipinski definition) is 0. The number of nitrogens with zero attached hydrogens (tertiary/aromatic N) is 2. The van der Waals surface area contributed by atoms with Crippen molar-refractivity contribution < 1.29 is 17.2 Å². The maximum absolute atomic E-state index is 14.1. The summed E-state index contributed by atoms with van der Waals surface area (Å²) in [6.45, 7) is 1.62.